The Morgan fingerprint density at radius 2 is 1.67 bits per heavy atom. The van der Waals surface area contributed by atoms with Crippen LogP contribution in [0.2, 0.25) is 0 Å². The molecule has 6 heteroatoms. The zero-order valence-electron chi connectivity index (χ0n) is 12.8. The molecule has 0 amide bonds. The molecule has 5 nitrogen and oxygen atoms in total. The molecule has 0 bridgehead atoms. The van der Waals surface area contributed by atoms with Crippen molar-refractivity contribution in [2.45, 2.75) is 11.8 Å². The van der Waals surface area contributed by atoms with Gasteiger partial charge < -0.3 is 9.29 Å². The average Bonchev–Trinajstić information content (AvgIpc) is 2.54. The lowest BCUT2D eigenvalue weighted by Crippen LogP contribution is -2.10. The Morgan fingerprint density at radius 3 is 2.33 bits per heavy atom. The highest BCUT2D eigenvalue weighted by Gasteiger charge is 2.19. The van der Waals surface area contributed by atoms with Crippen molar-refractivity contribution in [3.63, 3.8) is 0 Å². The predicted octanol–water partition coefficient (Wildman–Crippen LogP) is 3.61. The van der Waals surface area contributed by atoms with Crippen molar-refractivity contribution in [3.05, 3.63) is 71.8 Å². The van der Waals surface area contributed by atoms with Crippen molar-refractivity contribution in [2.75, 3.05) is 0 Å². The quantitative estimate of drug-likeness (QED) is 0.733. The van der Waals surface area contributed by atoms with E-state index in [1.807, 2.05) is 6.92 Å². The van der Waals surface area contributed by atoms with Gasteiger partial charge in [0.25, 0.3) is 0 Å². The molecule has 0 radical (unpaired) electrons. The molecule has 0 aliphatic heterocycles. The van der Waals surface area contributed by atoms with Gasteiger partial charge in [-0.3, -0.25) is 0 Å². The molecular formula is C18H14O5S. The summed E-state index contributed by atoms with van der Waals surface area (Å²) in [5, 5.41) is 10.3. The van der Waals surface area contributed by atoms with E-state index in [0.717, 1.165) is 5.56 Å². The van der Waals surface area contributed by atoms with Crippen LogP contribution in [0.4, 0.5) is 0 Å². The van der Waals surface area contributed by atoms with Crippen LogP contribution in [0.3, 0.4) is 0 Å². The monoisotopic (exact) mass is 342 g/mol. The Morgan fingerprint density at radius 1 is 1.00 bits per heavy atom. The minimum atomic E-state index is -4.06. The Labute approximate surface area is 139 Å². The molecule has 3 aromatic rings. The molecule has 0 spiro atoms. The van der Waals surface area contributed by atoms with E-state index in [1.54, 1.807) is 36.4 Å². The number of fused-ring (bicyclic) bond motifs is 1. The highest BCUT2D eigenvalue weighted by atomic mass is 32.2. The Kier molecular flexibility index (Phi) is 3.99. The van der Waals surface area contributed by atoms with E-state index in [2.05, 4.69) is 0 Å². The molecule has 3 rings (SSSR count). The van der Waals surface area contributed by atoms with Crippen LogP contribution in [0, 0.1) is 6.92 Å². The van der Waals surface area contributed by atoms with Crippen LogP contribution in [0.15, 0.2) is 65.6 Å². The second-order valence-corrected chi connectivity index (χ2v) is 6.90. The number of rotatable bonds is 4. The van der Waals surface area contributed by atoms with E-state index < -0.39 is 16.1 Å². The van der Waals surface area contributed by atoms with E-state index in [-0.39, 0.29) is 16.2 Å². The van der Waals surface area contributed by atoms with Crippen molar-refractivity contribution in [2.24, 2.45) is 0 Å². The summed E-state index contributed by atoms with van der Waals surface area (Å²) in [4.78, 5) is 11.3. The first-order chi connectivity index (χ1) is 11.4. The number of hydrogen-bond acceptors (Lipinski definition) is 4. The summed E-state index contributed by atoms with van der Waals surface area (Å²) in [5.74, 6) is -1.16. The van der Waals surface area contributed by atoms with E-state index in [9.17, 15) is 18.3 Å². The molecule has 0 saturated carbocycles. The Bertz CT molecular complexity index is 1020. The number of hydrogen-bond donors (Lipinski definition) is 1. The third-order valence-electron chi connectivity index (χ3n) is 3.58. The summed E-state index contributed by atoms with van der Waals surface area (Å²) in [6.07, 6.45) is 0. The van der Waals surface area contributed by atoms with Crippen LogP contribution in [0.5, 0.6) is 5.75 Å². The molecule has 1 N–H and O–H groups in total. The summed E-state index contributed by atoms with van der Waals surface area (Å²) in [7, 11) is -4.06. The minimum absolute atomic E-state index is 0.00826. The van der Waals surface area contributed by atoms with Crippen LogP contribution in [0.1, 0.15) is 15.9 Å². The van der Waals surface area contributed by atoms with Gasteiger partial charge in [0.1, 0.15) is 4.90 Å². The Hall–Kier alpha value is -2.86. The average molecular weight is 342 g/mol. The van der Waals surface area contributed by atoms with Crippen molar-refractivity contribution in [1.82, 2.24) is 0 Å². The van der Waals surface area contributed by atoms with E-state index >= 15 is 0 Å². The molecule has 0 aromatic heterocycles. The van der Waals surface area contributed by atoms with E-state index in [4.69, 9.17) is 4.18 Å². The lowest BCUT2D eigenvalue weighted by Gasteiger charge is -2.11. The largest absolute Gasteiger partial charge is 0.478 e. The second-order valence-electron chi connectivity index (χ2n) is 5.35. The molecular weight excluding hydrogens is 328 g/mol. The highest BCUT2D eigenvalue weighted by molar-refractivity contribution is 7.87. The highest BCUT2D eigenvalue weighted by Crippen LogP contribution is 2.30. The smallest absolute Gasteiger partial charge is 0.339 e. The number of carboxylic acid groups (broad SMARTS) is 1. The lowest BCUT2D eigenvalue weighted by atomic mass is 10.1. The van der Waals surface area contributed by atoms with Gasteiger partial charge in [0.15, 0.2) is 5.75 Å². The molecule has 0 aliphatic carbocycles. The standard InChI is InChI=1S/C18H14O5S/c1-12-6-8-15(9-7-12)24(21,22)23-17-11-14(18(19)20)10-13-4-2-3-5-16(13)17/h2-11H,1H3,(H,19,20). The van der Waals surface area contributed by atoms with Gasteiger partial charge in [-0.2, -0.15) is 8.42 Å². The molecule has 0 atom stereocenters. The number of carbonyl (C=O) groups is 1. The van der Waals surface area contributed by atoms with Gasteiger partial charge in [-0.1, -0.05) is 42.0 Å². The first-order valence-electron chi connectivity index (χ1n) is 7.14. The number of carboxylic acids is 1. The third kappa shape index (κ3) is 3.09. The van der Waals surface area contributed by atoms with Crippen LogP contribution in [-0.4, -0.2) is 19.5 Å². The summed E-state index contributed by atoms with van der Waals surface area (Å²) in [6.45, 7) is 1.85. The van der Waals surface area contributed by atoms with Gasteiger partial charge in [0, 0.05) is 5.39 Å². The fourth-order valence-corrected chi connectivity index (χ4v) is 3.28. The fourth-order valence-electron chi connectivity index (χ4n) is 2.34. The van der Waals surface area contributed by atoms with Crippen LogP contribution in [-0.2, 0) is 10.1 Å². The van der Waals surface area contributed by atoms with Crippen molar-refractivity contribution >= 4 is 26.9 Å². The molecule has 0 heterocycles. The predicted molar refractivity (Wildman–Crippen MR) is 89.9 cm³/mol. The van der Waals surface area contributed by atoms with Gasteiger partial charge >= 0.3 is 16.1 Å². The molecule has 0 unspecified atom stereocenters. The number of aryl methyl sites for hydroxylation is 1. The van der Waals surface area contributed by atoms with Gasteiger partial charge in [-0.25, -0.2) is 4.79 Å². The molecule has 24 heavy (non-hydrogen) atoms. The minimum Gasteiger partial charge on any atom is -0.478 e. The first-order valence-corrected chi connectivity index (χ1v) is 8.55. The van der Waals surface area contributed by atoms with Crippen molar-refractivity contribution in [1.29, 1.82) is 0 Å². The normalized spacial score (nSPS) is 11.4. The summed E-state index contributed by atoms with van der Waals surface area (Å²) in [6, 6.07) is 15.8. The van der Waals surface area contributed by atoms with Crippen LogP contribution >= 0.6 is 0 Å². The summed E-state index contributed by atoms with van der Waals surface area (Å²) < 4.78 is 30.2. The summed E-state index contributed by atoms with van der Waals surface area (Å²) >= 11 is 0. The van der Waals surface area contributed by atoms with Gasteiger partial charge in [0.05, 0.1) is 5.56 Å². The number of aromatic carboxylic acids is 1. The Balaban J connectivity index is 2.12. The van der Waals surface area contributed by atoms with Crippen LogP contribution < -0.4 is 4.18 Å². The third-order valence-corrected chi connectivity index (χ3v) is 4.83. The number of benzene rings is 3. The maximum absolute atomic E-state index is 12.5. The zero-order chi connectivity index (χ0) is 17.3. The fraction of sp³-hybridized carbons (Fsp3) is 0.0556. The van der Waals surface area contributed by atoms with Crippen LogP contribution in [0.25, 0.3) is 10.8 Å². The topological polar surface area (TPSA) is 80.7 Å². The summed E-state index contributed by atoms with van der Waals surface area (Å²) in [5.41, 5.74) is 0.884. The molecule has 3 aromatic carbocycles. The molecule has 122 valence electrons. The molecule has 0 saturated heterocycles. The maximum Gasteiger partial charge on any atom is 0.339 e. The van der Waals surface area contributed by atoms with Gasteiger partial charge in [-0.15, -0.1) is 0 Å². The van der Waals surface area contributed by atoms with Crippen molar-refractivity contribution < 1.29 is 22.5 Å². The molecule has 0 aliphatic rings. The van der Waals surface area contributed by atoms with Crippen molar-refractivity contribution in [3.8, 4) is 5.75 Å². The SMILES string of the molecule is Cc1ccc(S(=O)(=O)Oc2cc(C(=O)O)cc3ccccc23)cc1. The molecule has 0 fully saturated rings. The van der Waals surface area contributed by atoms with E-state index in [0.29, 0.717) is 10.8 Å². The van der Waals surface area contributed by atoms with Gasteiger partial charge in [0.2, 0.25) is 0 Å². The zero-order valence-corrected chi connectivity index (χ0v) is 13.6. The maximum atomic E-state index is 12.5. The van der Waals surface area contributed by atoms with E-state index in [1.165, 1.54) is 24.3 Å². The first kappa shape index (κ1) is 16.0. The second kappa shape index (κ2) is 5.98. The lowest BCUT2D eigenvalue weighted by molar-refractivity contribution is 0.0696. The van der Waals surface area contributed by atoms with Gasteiger partial charge in [-0.05, 0) is 36.6 Å².